The molecule has 0 radical (unpaired) electrons. The quantitative estimate of drug-likeness (QED) is 0.470. The van der Waals surface area contributed by atoms with Crippen molar-refractivity contribution in [1.29, 1.82) is 0 Å². The summed E-state index contributed by atoms with van der Waals surface area (Å²) in [4.78, 5) is 10.1. The lowest BCUT2D eigenvalue weighted by molar-refractivity contribution is -0.142. The fourth-order valence-corrected chi connectivity index (χ4v) is 0.389. The third kappa shape index (κ3) is 17.7. The third-order valence-electron chi connectivity index (χ3n) is 0.737. The molecule has 3 heteroatoms. The highest BCUT2D eigenvalue weighted by molar-refractivity contribution is 5.65. The first-order valence-corrected chi connectivity index (χ1v) is 2.98. The largest absolute Gasteiger partial charge is 0.463 e. The van der Waals surface area contributed by atoms with Gasteiger partial charge in [0.25, 0.3) is 0 Å². The van der Waals surface area contributed by atoms with Crippen LogP contribution in [0.3, 0.4) is 0 Å². The van der Waals surface area contributed by atoms with E-state index in [9.17, 15) is 4.79 Å². The first kappa shape index (κ1) is 16.8. The van der Waals surface area contributed by atoms with Gasteiger partial charge in [0.05, 0.1) is 6.61 Å². The predicted molar refractivity (Wildman–Crippen MR) is 46.6 cm³/mol. The van der Waals surface area contributed by atoms with E-state index in [1.165, 1.54) is 6.92 Å². The molecule has 0 N–H and O–H groups in total. The van der Waals surface area contributed by atoms with E-state index in [0.29, 0.717) is 19.8 Å². The van der Waals surface area contributed by atoms with Crippen molar-refractivity contribution in [2.24, 2.45) is 0 Å². The summed E-state index contributed by atoms with van der Waals surface area (Å²) >= 11 is 0. The Morgan fingerprint density at radius 1 is 1.27 bits per heavy atom. The molecule has 0 aromatic rings. The molecule has 0 aliphatic carbocycles. The molecule has 0 saturated carbocycles. The van der Waals surface area contributed by atoms with Gasteiger partial charge >= 0.3 is 5.97 Å². The molecule has 0 bridgehead atoms. The van der Waals surface area contributed by atoms with Gasteiger partial charge in [-0.1, -0.05) is 14.9 Å². The van der Waals surface area contributed by atoms with E-state index in [-0.39, 0.29) is 20.8 Å². The second-order valence-corrected chi connectivity index (χ2v) is 1.54. The number of rotatable bonds is 4. The van der Waals surface area contributed by atoms with Gasteiger partial charge < -0.3 is 9.47 Å². The Kier molecular flexibility index (Phi) is 18.5. The molecule has 0 aliphatic heterocycles. The van der Waals surface area contributed by atoms with Gasteiger partial charge in [0, 0.05) is 13.5 Å². The molecule has 3 nitrogen and oxygen atoms in total. The molecule has 11 heavy (non-hydrogen) atoms. The van der Waals surface area contributed by atoms with Crippen molar-refractivity contribution in [2.75, 3.05) is 19.8 Å². The van der Waals surface area contributed by atoms with Crippen LogP contribution in [-0.2, 0) is 14.3 Å². The fraction of sp³-hybridized carbons (Fsp3) is 0.875. The molecule has 0 heterocycles. The molecular weight excluding hydrogens is 144 g/mol. The maximum atomic E-state index is 10.1. The van der Waals surface area contributed by atoms with Crippen molar-refractivity contribution in [3.63, 3.8) is 0 Å². The van der Waals surface area contributed by atoms with Crippen molar-refractivity contribution in [3.8, 4) is 0 Å². The molecule has 0 unspecified atom stereocenters. The van der Waals surface area contributed by atoms with Gasteiger partial charge in [0.1, 0.15) is 6.61 Å². The molecule has 0 amide bonds. The normalized spacial score (nSPS) is 7.45. The van der Waals surface area contributed by atoms with Crippen LogP contribution in [0.25, 0.3) is 0 Å². The average molecular weight is 164 g/mol. The van der Waals surface area contributed by atoms with Crippen LogP contribution < -0.4 is 0 Å². The van der Waals surface area contributed by atoms with Crippen molar-refractivity contribution >= 4 is 5.97 Å². The SMILES string of the molecule is C.C.CCOCCOC(C)=O. The molecule has 70 valence electrons. The zero-order valence-corrected chi connectivity index (χ0v) is 5.85. The molecule has 0 aromatic heterocycles. The summed E-state index contributed by atoms with van der Waals surface area (Å²) in [6, 6.07) is 0. The van der Waals surface area contributed by atoms with Crippen LogP contribution >= 0.6 is 0 Å². The zero-order valence-electron chi connectivity index (χ0n) is 5.85. The molecule has 0 rings (SSSR count). The average Bonchev–Trinajstić information content (AvgIpc) is 1.80. The number of carbonyl (C=O) groups excluding carboxylic acids is 1. The van der Waals surface area contributed by atoms with Crippen molar-refractivity contribution in [3.05, 3.63) is 0 Å². The Bertz CT molecular complexity index is 81.4. The minimum atomic E-state index is -0.255. The van der Waals surface area contributed by atoms with Gasteiger partial charge in [-0.25, -0.2) is 0 Å². The summed E-state index contributed by atoms with van der Waals surface area (Å²) in [5.41, 5.74) is 0. The number of carbonyl (C=O) groups is 1. The predicted octanol–water partition coefficient (Wildman–Crippen LogP) is 1.86. The Balaban J connectivity index is -0.000000320. The first-order valence-electron chi connectivity index (χ1n) is 2.98. The highest BCUT2D eigenvalue weighted by Crippen LogP contribution is 1.77. The van der Waals surface area contributed by atoms with Gasteiger partial charge in [0.2, 0.25) is 0 Å². The minimum absolute atomic E-state index is 0. The lowest BCUT2D eigenvalue weighted by atomic mass is 10.7. The van der Waals surface area contributed by atoms with Crippen LogP contribution in [0.2, 0.25) is 0 Å². The Labute approximate surface area is 69.7 Å². The molecular formula is C8H20O3. The first-order chi connectivity index (χ1) is 4.27. The van der Waals surface area contributed by atoms with E-state index in [0.717, 1.165) is 0 Å². The maximum absolute atomic E-state index is 10.1. The standard InChI is InChI=1S/C6H12O3.2CH4/c1-3-8-4-5-9-6(2)7;;/h3-5H2,1-2H3;2*1H4. The zero-order chi connectivity index (χ0) is 7.11. The summed E-state index contributed by atoms with van der Waals surface area (Å²) < 4.78 is 9.49. The topological polar surface area (TPSA) is 35.5 Å². The lowest BCUT2D eigenvalue weighted by Gasteiger charge is -1.99. The summed E-state index contributed by atoms with van der Waals surface area (Å²) in [7, 11) is 0. The van der Waals surface area contributed by atoms with Gasteiger partial charge in [-0.15, -0.1) is 0 Å². The second kappa shape index (κ2) is 12.1. The lowest BCUT2D eigenvalue weighted by Crippen LogP contribution is -2.06. The molecule has 0 fully saturated rings. The molecule has 0 saturated heterocycles. The molecule has 0 aliphatic rings. The third-order valence-corrected chi connectivity index (χ3v) is 0.737. The highest BCUT2D eigenvalue weighted by Gasteiger charge is 1.89. The number of hydrogen-bond donors (Lipinski definition) is 0. The summed E-state index contributed by atoms with van der Waals surface area (Å²) in [6.07, 6.45) is 0. The number of esters is 1. The highest BCUT2D eigenvalue weighted by atomic mass is 16.6. The molecule has 0 aromatic carbocycles. The second-order valence-electron chi connectivity index (χ2n) is 1.54. The van der Waals surface area contributed by atoms with Crippen LogP contribution in [0, 0.1) is 0 Å². The molecule has 0 atom stereocenters. The number of ether oxygens (including phenoxy) is 2. The van der Waals surface area contributed by atoms with E-state index < -0.39 is 0 Å². The van der Waals surface area contributed by atoms with E-state index in [2.05, 4.69) is 4.74 Å². The summed E-state index contributed by atoms with van der Waals surface area (Å²) in [5.74, 6) is -0.255. The van der Waals surface area contributed by atoms with E-state index in [1.807, 2.05) is 6.92 Å². The van der Waals surface area contributed by atoms with Crippen LogP contribution in [0.1, 0.15) is 28.7 Å². The van der Waals surface area contributed by atoms with Crippen LogP contribution in [0.5, 0.6) is 0 Å². The van der Waals surface area contributed by atoms with Crippen LogP contribution in [0.15, 0.2) is 0 Å². The fourth-order valence-electron chi connectivity index (χ4n) is 0.389. The van der Waals surface area contributed by atoms with Gasteiger partial charge in [-0.3, -0.25) is 4.79 Å². The smallest absolute Gasteiger partial charge is 0.302 e. The number of hydrogen-bond acceptors (Lipinski definition) is 3. The Morgan fingerprint density at radius 3 is 2.18 bits per heavy atom. The van der Waals surface area contributed by atoms with E-state index >= 15 is 0 Å². The monoisotopic (exact) mass is 164 g/mol. The maximum Gasteiger partial charge on any atom is 0.302 e. The minimum Gasteiger partial charge on any atom is -0.463 e. The van der Waals surface area contributed by atoms with Gasteiger partial charge in [0.15, 0.2) is 0 Å². The van der Waals surface area contributed by atoms with Gasteiger partial charge in [-0.05, 0) is 6.92 Å². The van der Waals surface area contributed by atoms with E-state index in [4.69, 9.17) is 4.74 Å². The van der Waals surface area contributed by atoms with Crippen molar-refractivity contribution in [1.82, 2.24) is 0 Å². The molecule has 0 spiro atoms. The Morgan fingerprint density at radius 2 is 1.82 bits per heavy atom. The summed E-state index contributed by atoms with van der Waals surface area (Å²) in [6.45, 7) is 4.81. The Hall–Kier alpha value is -0.570. The van der Waals surface area contributed by atoms with Crippen molar-refractivity contribution < 1.29 is 14.3 Å². The van der Waals surface area contributed by atoms with E-state index in [1.54, 1.807) is 0 Å². The summed E-state index contributed by atoms with van der Waals surface area (Å²) in [5, 5.41) is 0. The van der Waals surface area contributed by atoms with Gasteiger partial charge in [-0.2, -0.15) is 0 Å². The van der Waals surface area contributed by atoms with Crippen LogP contribution in [0.4, 0.5) is 0 Å². The van der Waals surface area contributed by atoms with Crippen molar-refractivity contribution in [2.45, 2.75) is 28.7 Å². The van der Waals surface area contributed by atoms with Crippen LogP contribution in [-0.4, -0.2) is 25.8 Å².